The minimum absolute atomic E-state index is 0.917. The highest BCUT2D eigenvalue weighted by atomic mass is 32.1. The van der Waals surface area contributed by atoms with Crippen molar-refractivity contribution in [3.63, 3.8) is 0 Å². The van der Waals surface area contributed by atoms with Crippen molar-refractivity contribution in [1.82, 2.24) is 9.97 Å². The van der Waals surface area contributed by atoms with E-state index in [4.69, 9.17) is 9.97 Å². The standard InChI is InChI=1S/C48H28N2S/c1-2-13-29(14-3-1)43-37-20-8-10-23-40(37)49-47-38(43)27-25-30-26-28-41(50-46(30)47)45-34-18-6-4-16-32(34)44(33-17-5-7-19-35(33)45)39-22-12-21-36-31-15-9-11-24-42(31)51-48(36)39/h1-28H. The van der Waals surface area contributed by atoms with Gasteiger partial charge in [0, 0.05) is 53.0 Å². The van der Waals surface area contributed by atoms with Gasteiger partial charge in [0.25, 0.3) is 0 Å². The van der Waals surface area contributed by atoms with E-state index in [1.807, 2.05) is 11.3 Å². The summed E-state index contributed by atoms with van der Waals surface area (Å²) in [6.07, 6.45) is 0. The Morgan fingerprint density at radius 1 is 0.353 bits per heavy atom. The molecule has 0 atom stereocenters. The molecule has 0 fully saturated rings. The Morgan fingerprint density at radius 2 is 0.961 bits per heavy atom. The minimum Gasteiger partial charge on any atom is -0.245 e. The number of para-hydroxylation sites is 1. The summed E-state index contributed by atoms with van der Waals surface area (Å²) in [6.45, 7) is 0. The molecule has 0 aliphatic heterocycles. The van der Waals surface area contributed by atoms with Crippen LogP contribution in [0, 0.1) is 0 Å². The van der Waals surface area contributed by atoms with Crippen molar-refractivity contribution in [2.75, 3.05) is 0 Å². The number of nitrogens with zero attached hydrogens (tertiary/aromatic N) is 2. The van der Waals surface area contributed by atoms with Gasteiger partial charge in [-0.15, -0.1) is 11.3 Å². The highest BCUT2D eigenvalue weighted by molar-refractivity contribution is 7.26. The molecule has 2 nitrogen and oxygen atoms in total. The summed E-state index contributed by atoms with van der Waals surface area (Å²) >= 11 is 1.88. The van der Waals surface area contributed by atoms with E-state index in [0.29, 0.717) is 0 Å². The lowest BCUT2D eigenvalue weighted by Crippen LogP contribution is -1.95. The summed E-state index contributed by atoms with van der Waals surface area (Å²) < 4.78 is 2.64. The molecule has 0 spiro atoms. The van der Waals surface area contributed by atoms with Crippen LogP contribution < -0.4 is 0 Å². The van der Waals surface area contributed by atoms with E-state index in [0.717, 1.165) is 44.0 Å². The van der Waals surface area contributed by atoms with Crippen molar-refractivity contribution in [2.24, 2.45) is 0 Å². The summed E-state index contributed by atoms with van der Waals surface area (Å²) in [5, 5.41) is 10.8. The molecule has 0 N–H and O–H groups in total. The second-order valence-electron chi connectivity index (χ2n) is 13.2. The van der Waals surface area contributed by atoms with E-state index in [1.165, 1.54) is 64.0 Å². The van der Waals surface area contributed by atoms with E-state index >= 15 is 0 Å². The molecule has 0 saturated carbocycles. The van der Waals surface area contributed by atoms with Gasteiger partial charge in [0.1, 0.15) is 0 Å². The molecule has 0 bridgehead atoms. The van der Waals surface area contributed by atoms with E-state index in [2.05, 4.69) is 170 Å². The lowest BCUT2D eigenvalue weighted by molar-refractivity contribution is 1.40. The van der Waals surface area contributed by atoms with Gasteiger partial charge in [-0.2, -0.15) is 0 Å². The van der Waals surface area contributed by atoms with Gasteiger partial charge in [-0.3, -0.25) is 0 Å². The van der Waals surface area contributed by atoms with Crippen LogP contribution in [0.25, 0.3) is 108 Å². The number of aromatic nitrogens is 2. The highest BCUT2D eigenvalue weighted by Crippen LogP contribution is 2.48. The topological polar surface area (TPSA) is 25.8 Å². The maximum absolute atomic E-state index is 5.54. The quantitative estimate of drug-likeness (QED) is 0.139. The average Bonchev–Trinajstić information content (AvgIpc) is 3.58. The third-order valence-electron chi connectivity index (χ3n) is 10.4. The molecule has 3 heteroatoms. The van der Waals surface area contributed by atoms with Crippen molar-refractivity contribution >= 4 is 85.8 Å². The third-order valence-corrected chi connectivity index (χ3v) is 11.7. The number of fused-ring (bicyclic) bond motifs is 9. The first kappa shape index (κ1) is 28.4. The van der Waals surface area contributed by atoms with Crippen molar-refractivity contribution in [1.29, 1.82) is 0 Å². The van der Waals surface area contributed by atoms with Crippen LogP contribution in [0.4, 0.5) is 0 Å². The smallest absolute Gasteiger partial charge is 0.0978 e. The van der Waals surface area contributed by atoms with Crippen LogP contribution >= 0.6 is 11.3 Å². The first-order chi connectivity index (χ1) is 25.3. The van der Waals surface area contributed by atoms with Gasteiger partial charge in [-0.25, -0.2) is 9.97 Å². The van der Waals surface area contributed by atoms with E-state index < -0.39 is 0 Å². The number of thiophene rings is 1. The number of hydrogen-bond donors (Lipinski definition) is 0. The van der Waals surface area contributed by atoms with Crippen LogP contribution in [-0.4, -0.2) is 9.97 Å². The van der Waals surface area contributed by atoms with Crippen LogP contribution in [0.5, 0.6) is 0 Å². The second kappa shape index (κ2) is 11.0. The maximum Gasteiger partial charge on any atom is 0.0978 e. The Morgan fingerprint density at radius 3 is 1.73 bits per heavy atom. The zero-order valence-electron chi connectivity index (χ0n) is 27.5. The number of benzene rings is 8. The highest BCUT2D eigenvalue weighted by Gasteiger charge is 2.21. The third kappa shape index (κ3) is 4.22. The lowest BCUT2D eigenvalue weighted by atomic mass is 9.86. The molecule has 51 heavy (non-hydrogen) atoms. The van der Waals surface area contributed by atoms with Crippen LogP contribution in [-0.2, 0) is 0 Å². The molecule has 0 aliphatic rings. The zero-order valence-corrected chi connectivity index (χ0v) is 28.3. The molecule has 0 unspecified atom stereocenters. The molecular weight excluding hydrogens is 637 g/mol. The Kier molecular flexibility index (Phi) is 6.16. The monoisotopic (exact) mass is 664 g/mol. The predicted molar refractivity (Wildman–Crippen MR) is 219 cm³/mol. The molecule has 3 aromatic heterocycles. The van der Waals surface area contributed by atoms with Crippen molar-refractivity contribution in [3.05, 3.63) is 170 Å². The number of rotatable bonds is 3. The predicted octanol–water partition coefficient (Wildman–Crippen LogP) is 13.6. The first-order valence-electron chi connectivity index (χ1n) is 17.3. The molecule has 0 radical (unpaired) electrons. The van der Waals surface area contributed by atoms with Gasteiger partial charge in [-0.1, -0.05) is 152 Å². The van der Waals surface area contributed by atoms with E-state index in [1.54, 1.807) is 0 Å². The van der Waals surface area contributed by atoms with Crippen LogP contribution in [0.3, 0.4) is 0 Å². The van der Waals surface area contributed by atoms with Gasteiger partial charge < -0.3 is 0 Å². The number of pyridine rings is 2. The van der Waals surface area contributed by atoms with E-state index in [9.17, 15) is 0 Å². The largest absolute Gasteiger partial charge is 0.245 e. The van der Waals surface area contributed by atoms with Crippen LogP contribution in [0.15, 0.2) is 170 Å². The molecule has 11 aromatic rings. The summed E-state index contributed by atoms with van der Waals surface area (Å²) in [4.78, 5) is 10.8. The molecule has 236 valence electrons. The Bertz CT molecular complexity index is 3140. The molecular formula is C48H28N2S. The average molecular weight is 665 g/mol. The van der Waals surface area contributed by atoms with Gasteiger partial charge in [0.15, 0.2) is 0 Å². The van der Waals surface area contributed by atoms with Crippen LogP contribution in [0.2, 0.25) is 0 Å². The number of hydrogen-bond acceptors (Lipinski definition) is 3. The molecule has 0 saturated heterocycles. The Balaban J connectivity index is 1.23. The molecule has 0 aliphatic carbocycles. The second-order valence-corrected chi connectivity index (χ2v) is 14.3. The van der Waals surface area contributed by atoms with Gasteiger partial charge in [0.2, 0.25) is 0 Å². The first-order valence-corrected chi connectivity index (χ1v) is 18.2. The normalized spacial score (nSPS) is 11.9. The fourth-order valence-corrected chi connectivity index (χ4v) is 9.45. The van der Waals surface area contributed by atoms with Gasteiger partial charge in [0.05, 0.1) is 22.2 Å². The minimum atomic E-state index is 0.917. The lowest BCUT2D eigenvalue weighted by Gasteiger charge is -2.18. The van der Waals surface area contributed by atoms with Crippen molar-refractivity contribution in [3.8, 4) is 33.5 Å². The van der Waals surface area contributed by atoms with E-state index in [-0.39, 0.29) is 0 Å². The van der Waals surface area contributed by atoms with Gasteiger partial charge >= 0.3 is 0 Å². The molecule has 3 heterocycles. The Labute approximate surface area is 297 Å². The van der Waals surface area contributed by atoms with Crippen molar-refractivity contribution < 1.29 is 0 Å². The summed E-state index contributed by atoms with van der Waals surface area (Å²) in [5.74, 6) is 0. The Hall–Kier alpha value is -6.42. The van der Waals surface area contributed by atoms with Crippen molar-refractivity contribution in [2.45, 2.75) is 0 Å². The summed E-state index contributed by atoms with van der Waals surface area (Å²) in [6, 6.07) is 61.2. The SMILES string of the molecule is c1ccc(-c2c3ccccc3nc3c2ccc2ccc(-c4c5ccccc5c(-c5cccc6c5sc5ccccc56)c5ccccc45)nc23)cc1. The van der Waals surface area contributed by atoms with Crippen LogP contribution in [0.1, 0.15) is 0 Å². The molecule has 8 aromatic carbocycles. The van der Waals surface area contributed by atoms with Gasteiger partial charge in [-0.05, 0) is 50.9 Å². The fraction of sp³-hybridized carbons (Fsp3) is 0. The molecule has 11 rings (SSSR count). The summed E-state index contributed by atoms with van der Waals surface area (Å²) in [5.41, 5.74) is 9.83. The summed E-state index contributed by atoms with van der Waals surface area (Å²) in [7, 11) is 0. The molecule has 0 amide bonds. The zero-order chi connectivity index (χ0) is 33.5. The maximum atomic E-state index is 5.54. The fourth-order valence-electron chi connectivity index (χ4n) is 8.23.